The molecule has 19 heavy (non-hydrogen) atoms. The molecule has 3 nitrogen and oxygen atoms in total. The first-order valence-corrected chi connectivity index (χ1v) is 5.98. The summed E-state index contributed by atoms with van der Waals surface area (Å²) < 4.78 is 23.8. The Morgan fingerprint density at radius 3 is 2.53 bits per heavy atom. The van der Waals surface area contributed by atoms with Crippen LogP contribution in [0.4, 0.5) is 10.1 Å². The average molecular weight is 282 g/mol. The van der Waals surface area contributed by atoms with E-state index in [1.54, 1.807) is 7.11 Å². The number of hydrogen-bond acceptors (Lipinski definition) is 3. The van der Waals surface area contributed by atoms with Crippen molar-refractivity contribution in [1.29, 1.82) is 0 Å². The van der Waals surface area contributed by atoms with E-state index in [9.17, 15) is 4.39 Å². The summed E-state index contributed by atoms with van der Waals surface area (Å²) in [5.41, 5.74) is 6.94. The molecule has 5 heteroatoms. The Kier molecular flexibility index (Phi) is 4.12. The number of ether oxygens (including phenoxy) is 2. The van der Waals surface area contributed by atoms with Gasteiger partial charge in [0.1, 0.15) is 23.9 Å². The van der Waals surface area contributed by atoms with Crippen molar-refractivity contribution < 1.29 is 13.9 Å². The maximum atomic E-state index is 13.3. The van der Waals surface area contributed by atoms with Crippen molar-refractivity contribution in [2.45, 2.75) is 6.61 Å². The minimum atomic E-state index is -0.555. The first kappa shape index (κ1) is 13.5. The van der Waals surface area contributed by atoms with Gasteiger partial charge in [-0.25, -0.2) is 4.39 Å². The van der Waals surface area contributed by atoms with Gasteiger partial charge < -0.3 is 15.2 Å². The molecule has 0 saturated heterocycles. The van der Waals surface area contributed by atoms with E-state index in [0.29, 0.717) is 5.69 Å². The van der Waals surface area contributed by atoms with E-state index in [-0.39, 0.29) is 17.4 Å². The van der Waals surface area contributed by atoms with E-state index in [1.165, 1.54) is 12.1 Å². The molecule has 2 rings (SSSR count). The molecule has 0 atom stereocenters. The highest BCUT2D eigenvalue weighted by molar-refractivity contribution is 6.31. The monoisotopic (exact) mass is 281 g/mol. The molecule has 0 fully saturated rings. The summed E-state index contributed by atoms with van der Waals surface area (Å²) in [7, 11) is 1.60. The number of rotatable bonds is 4. The van der Waals surface area contributed by atoms with Crippen LogP contribution in [-0.2, 0) is 6.61 Å². The summed E-state index contributed by atoms with van der Waals surface area (Å²) in [6, 6.07) is 9.89. The SMILES string of the molecule is COc1ccc(COc2cc(F)c(Cl)cc2N)cc1. The topological polar surface area (TPSA) is 44.5 Å². The van der Waals surface area contributed by atoms with Gasteiger partial charge in [-0.2, -0.15) is 0 Å². The third-order valence-corrected chi connectivity index (χ3v) is 2.90. The van der Waals surface area contributed by atoms with Crippen molar-refractivity contribution in [3.63, 3.8) is 0 Å². The van der Waals surface area contributed by atoms with Crippen LogP contribution in [0.5, 0.6) is 11.5 Å². The molecule has 0 aromatic heterocycles. The van der Waals surface area contributed by atoms with Gasteiger partial charge in [0.15, 0.2) is 0 Å². The Labute approximate surface area is 115 Å². The zero-order chi connectivity index (χ0) is 13.8. The quantitative estimate of drug-likeness (QED) is 0.870. The van der Waals surface area contributed by atoms with Gasteiger partial charge >= 0.3 is 0 Å². The summed E-state index contributed by atoms with van der Waals surface area (Å²) in [5, 5.41) is -0.0192. The Morgan fingerprint density at radius 1 is 1.21 bits per heavy atom. The van der Waals surface area contributed by atoms with E-state index >= 15 is 0 Å². The van der Waals surface area contributed by atoms with Crippen LogP contribution < -0.4 is 15.2 Å². The zero-order valence-electron chi connectivity index (χ0n) is 10.3. The number of nitrogens with two attached hydrogens (primary N) is 1. The molecule has 0 heterocycles. The molecule has 0 amide bonds. The highest BCUT2D eigenvalue weighted by Crippen LogP contribution is 2.28. The lowest BCUT2D eigenvalue weighted by Crippen LogP contribution is -1.99. The lowest BCUT2D eigenvalue weighted by molar-refractivity contribution is 0.306. The summed E-state index contributed by atoms with van der Waals surface area (Å²) in [6.45, 7) is 0.287. The van der Waals surface area contributed by atoms with Crippen LogP contribution in [0.15, 0.2) is 36.4 Å². The van der Waals surface area contributed by atoms with Crippen LogP contribution >= 0.6 is 11.6 Å². The van der Waals surface area contributed by atoms with Gasteiger partial charge in [-0.1, -0.05) is 23.7 Å². The number of methoxy groups -OCH3 is 1. The van der Waals surface area contributed by atoms with Crippen molar-refractivity contribution in [3.05, 3.63) is 52.8 Å². The minimum absolute atomic E-state index is 0.0192. The first-order chi connectivity index (χ1) is 9.10. The average Bonchev–Trinajstić information content (AvgIpc) is 2.42. The molecular formula is C14H13ClFNO2. The highest BCUT2D eigenvalue weighted by Gasteiger charge is 2.07. The molecule has 0 bridgehead atoms. The van der Waals surface area contributed by atoms with Gasteiger partial charge in [0.05, 0.1) is 17.8 Å². The van der Waals surface area contributed by atoms with Gasteiger partial charge in [-0.3, -0.25) is 0 Å². The molecule has 0 aliphatic carbocycles. The predicted molar refractivity (Wildman–Crippen MR) is 73.1 cm³/mol. The molecule has 0 aliphatic heterocycles. The maximum Gasteiger partial charge on any atom is 0.145 e. The molecule has 2 aromatic carbocycles. The molecule has 0 radical (unpaired) electrons. The Morgan fingerprint density at radius 2 is 1.89 bits per heavy atom. The number of hydrogen-bond donors (Lipinski definition) is 1. The van der Waals surface area contributed by atoms with Crippen LogP contribution in [0.2, 0.25) is 5.02 Å². The van der Waals surface area contributed by atoms with E-state index in [0.717, 1.165) is 11.3 Å². The van der Waals surface area contributed by atoms with Crippen molar-refractivity contribution in [2.75, 3.05) is 12.8 Å². The fraction of sp³-hybridized carbons (Fsp3) is 0.143. The molecular weight excluding hydrogens is 269 g/mol. The van der Waals surface area contributed by atoms with Gasteiger partial charge in [0.25, 0.3) is 0 Å². The third kappa shape index (κ3) is 3.29. The van der Waals surface area contributed by atoms with Gasteiger partial charge in [-0.15, -0.1) is 0 Å². The smallest absolute Gasteiger partial charge is 0.145 e. The molecule has 0 aliphatic rings. The minimum Gasteiger partial charge on any atom is -0.497 e. The van der Waals surface area contributed by atoms with E-state index in [1.807, 2.05) is 24.3 Å². The van der Waals surface area contributed by atoms with Crippen molar-refractivity contribution in [3.8, 4) is 11.5 Å². The Hall–Kier alpha value is -1.94. The summed E-state index contributed by atoms with van der Waals surface area (Å²) in [4.78, 5) is 0. The third-order valence-electron chi connectivity index (χ3n) is 2.61. The summed E-state index contributed by atoms with van der Waals surface area (Å²) >= 11 is 5.61. The van der Waals surface area contributed by atoms with E-state index < -0.39 is 5.82 Å². The van der Waals surface area contributed by atoms with E-state index in [2.05, 4.69) is 0 Å². The lowest BCUT2D eigenvalue weighted by Gasteiger charge is -2.10. The van der Waals surface area contributed by atoms with Crippen LogP contribution in [0.1, 0.15) is 5.56 Å². The fourth-order valence-corrected chi connectivity index (χ4v) is 1.72. The standard InChI is InChI=1S/C14H13ClFNO2/c1-18-10-4-2-9(3-5-10)8-19-14-7-12(16)11(15)6-13(14)17/h2-7H,8,17H2,1H3. The molecule has 0 saturated carbocycles. The second-order valence-electron chi connectivity index (χ2n) is 3.94. The molecule has 2 aromatic rings. The van der Waals surface area contributed by atoms with Crippen LogP contribution in [0.25, 0.3) is 0 Å². The van der Waals surface area contributed by atoms with Crippen LogP contribution in [0.3, 0.4) is 0 Å². The number of nitrogen functional groups attached to an aromatic ring is 1. The van der Waals surface area contributed by atoms with Gasteiger partial charge in [-0.05, 0) is 23.8 Å². The predicted octanol–water partition coefficient (Wildman–Crippen LogP) is 3.65. The Balaban J connectivity index is 2.07. The molecule has 0 unspecified atom stereocenters. The summed E-state index contributed by atoms with van der Waals surface area (Å²) in [6.07, 6.45) is 0. The zero-order valence-corrected chi connectivity index (χ0v) is 11.1. The van der Waals surface area contributed by atoms with Crippen molar-refractivity contribution in [2.24, 2.45) is 0 Å². The molecule has 100 valence electrons. The molecule has 0 spiro atoms. The second kappa shape index (κ2) is 5.80. The van der Waals surface area contributed by atoms with Crippen LogP contribution in [0, 0.1) is 5.82 Å². The summed E-state index contributed by atoms with van der Waals surface area (Å²) in [5.74, 6) is 0.485. The Bertz CT molecular complexity index is 572. The maximum absolute atomic E-state index is 13.3. The number of benzene rings is 2. The van der Waals surface area contributed by atoms with Crippen molar-refractivity contribution >= 4 is 17.3 Å². The lowest BCUT2D eigenvalue weighted by atomic mass is 10.2. The first-order valence-electron chi connectivity index (χ1n) is 5.60. The van der Waals surface area contributed by atoms with Gasteiger partial charge in [0.2, 0.25) is 0 Å². The fourth-order valence-electron chi connectivity index (χ4n) is 1.55. The molecule has 2 N–H and O–H groups in total. The van der Waals surface area contributed by atoms with Crippen LogP contribution in [-0.4, -0.2) is 7.11 Å². The number of anilines is 1. The van der Waals surface area contributed by atoms with Gasteiger partial charge in [0, 0.05) is 6.07 Å². The normalized spacial score (nSPS) is 10.3. The largest absolute Gasteiger partial charge is 0.497 e. The number of halogens is 2. The second-order valence-corrected chi connectivity index (χ2v) is 4.35. The van der Waals surface area contributed by atoms with Crippen molar-refractivity contribution in [1.82, 2.24) is 0 Å². The highest BCUT2D eigenvalue weighted by atomic mass is 35.5. The van der Waals surface area contributed by atoms with E-state index in [4.69, 9.17) is 26.8 Å².